The third-order valence-electron chi connectivity index (χ3n) is 5.40. The summed E-state index contributed by atoms with van der Waals surface area (Å²) < 4.78 is 0. The largest absolute Gasteiger partial charge is 0.296 e. The van der Waals surface area contributed by atoms with Crippen LogP contribution >= 0.6 is 0 Å². The summed E-state index contributed by atoms with van der Waals surface area (Å²) in [6, 6.07) is 20.4. The molecule has 3 rings (SSSR count). The highest BCUT2D eigenvalue weighted by Crippen LogP contribution is 2.19. The van der Waals surface area contributed by atoms with Gasteiger partial charge >= 0.3 is 0 Å². The maximum atomic E-state index is 4.21. The van der Waals surface area contributed by atoms with Crippen LogP contribution < -0.4 is 0 Å². The first-order valence-electron chi connectivity index (χ1n) is 10.4. The number of fused-ring (bicyclic) bond motifs is 1. The number of benzene rings is 2. The van der Waals surface area contributed by atoms with Crippen LogP contribution in [0.4, 0.5) is 0 Å². The summed E-state index contributed by atoms with van der Waals surface area (Å²) in [5, 5.41) is 2.51. The fraction of sp³-hybridized carbons (Fsp3) is 0.400. The molecule has 3 aromatic rings. The van der Waals surface area contributed by atoms with Crippen LogP contribution in [0.2, 0.25) is 0 Å². The number of hydrogen-bond acceptors (Lipinski definition) is 2. The molecule has 0 fully saturated rings. The lowest BCUT2D eigenvalue weighted by atomic mass is 10.0. The minimum atomic E-state index is 0.619. The molecule has 2 heteroatoms. The quantitative estimate of drug-likeness (QED) is 0.397. The highest BCUT2D eigenvalue weighted by Gasteiger charge is 2.13. The van der Waals surface area contributed by atoms with Crippen LogP contribution in [0.25, 0.3) is 10.8 Å². The zero-order chi connectivity index (χ0) is 18.9. The molecule has 1 atom stereocenters. The SMILES string of the molecule is CCCN(Cc1ccc2cnccc2c1)[C@H](C)CCCCc1ccccc1. The van der Waals surface area contributed by atoms with Crippen molar-refractivity contribution < 1.29 is 0 Å². The molecule has 0 unspecified atom stereocenters. The second-order valence-corrected chi connectivity index (χ2v) is 7.61. The third-order valence-corrected chi connectivity index (χ3v) is 5.40. The number of aryl methyl sites for hydroxylation is 1. The fourth-order valence-corrected chi connectivity index (χ4v) is 3.80. The van der Waals surface area contributed by atoms with Crippen LogP contribution in [-0.2, 0) is 13.0 Å². The molecule has 0 saturated carbocycles. The lowest BCUT2D eigenvalue weighted by molar-refractivity contribution is 0.188. The van der Waals surface area contributed by atoms with Gasteiger partial charge in [0.15, 0.2) is 0 Å². The van der Waals surface area contributed by atoms with Gasteiger partial charge in [0.1, 0.15) is 0 Å². The minimum absolute atomic E-state index is 0.619. The second kappa shape index (κ2) is 10.2. The predicted octanol–water partition coefficient (Wildman–Crippen LogP) is 6.25. The summed E-state index contributed by atoms with van der Waals surface area (Å²) in [7, 11) is 0. The first kappa shape index (κ1) is 19.6. The molecule has 0 aliphatic heterocycles. The third kappa shape index (κ3) is 5.90. The molecule has 2 aromatic carbocycles. The smallest absolute Gasteiger partial charge is 0.0346 e. The van der Waals surface area contributed by atoms with Crippen LogP contribution in [0.1, 0.15) is 50.7 Å². The van der Waals surface area contributed by atoms with E-state index in [2.05, 4.69) is 78.3 Å². The first-order chi connectivity index (χ1) is 13.3. The van der Waals surface area contributed by atoms with Crippen molar-refractivity contribution in [1.29, 1.82) is 0 Å². The normalized spacial score (nSPS) is 12.6. The Labute approximate surface area is 164 Å². The number of hydrogen-bond donors (Lipinski definition) is 0. The summed E-state index contributed by atoms with van der Waals surface area (Å²) >= 11 is 0. The Bertz CT molecular complexity index is 813. The van der Waals surface area contributed by atoms with Crippen molar-refractivity contribution in [3.8, 4) is 0 Å². The molecule has 0 bridgehead atoms. The van der Waals surface area contributed by atoms with Gasteiger partial charge in [0.25, 0.3) is 0 Å². The van der Waals surface area contributed by atoms with Crippen molar-refractivity contribution in [2.45, 2.75) is 58.5 Å². The highest BCUT2D eigenvalue weighted by molar-refractivity contribution is 5.81. The molecule has 0 spiro atoms. The monoisotopic (exact) mass is 360 g/mol. The van der Waals surface area contributed by atoms with Crippen molar-refractivity contribution in [3.63, 3.8) is 0 Å². The minimum Gasteiger partial charge on any atom is -0.296 e. The fourth-order valence-electron chi connectivity index (χ4n) is 3.80. The highest BCUT2D eigenvalue weighted by atomic mass is 15.1. The number of aromatic nitrogens is 1. The Balaban J connectivity index is 1.53. The van der Waals surface area contributed by atoms with Gasteiger partial charge in [-0.05, 0) is 67.8 Å². The lowest BCUT2D eigenvalue weighted by Gasteiger charge is -2.29. The van der Waals surface area contributed by atoms with Gasteiger partial charge in [0.05, 0.1) is 0 Å². The molecule has 1 heterocycles. The van der Waals surface area contributed by atoms with Crippen molar-refractivity contribution in [3.05, 3.63) is 78.1 Å². The molecule has 2 nitrogen and oxygen atoms in total. The summed E-state index contributed by atoms with van der Waals surface area (Å²) in [4.78, 5) is 6.86. The number of unbranched alkanes of at least 4 members (excludes halogenated alkanes) is 1. The van der Waals surface area contributed by atoms with E-state index in [1.54, 1.807) is 0 Å². The first-order valence-corrected chi connectivity index (χ1v) is 10.4. The Morgan fingerprint density at radius 3 is 2.59 bits per heavy atom. The summed E-state index contributed by atoms with van der Waals surface area (Å²) in [6.45, 7) is 6.87. The maximum Gasteiger partial charge on any atom is 0.0346 e. The van der Waals surface area contributed by atoms with Crippen molar-refractivity contribution in [2.24, 2.45) is 0 Å². The number of rotatable bonds is 10. The average Bonchev–Trinajstić information content (AvgIpc) is 2.71. The van der Waals surface area contributed by atoms with Crippen LogP contribution in [0.5, 0.6) is 0 Å². The van der Waals surface area contributed by atoms with Crippen molar-refractivity contribution >= 4 is 10.8 Å². The molecule has 27 heavy (non-hydrogen) atoms. The molecule has 0 aliphatic rings. The Morgan fingerprint density at radius 2 is 1.78 bits per heavy atom. The Morgan fingerprint density at radius 1 is 0.926 bits per heavy atom. The van der Waals surface area contributed by atoms with Gasteiger partial charge in [0, 0.05) is 30.4 Å². The van der Waals surface area contributed by atoms with Crippen LogP contribution in [0, 0.1) is 0 Å². The van der Waals surface area contributed by atoms with E-state index in [0.717, 1.165) is 13.1 Å². The number of pyridine rings is 1. The molecular weight excluding hydrogens is 328 g/mol. The van der Waals surface area contributed by atoms with Crippen LogP contribution in [0.15, 0.2) is 67.0 Å². The maximum absolute atomic E-state index is 4.21. The van der Waals surface area contributed by atoms with Crippen LogP contribution in [0.3, 0.4) is 0 Å². The zero-order valence-electron chi connectivity index (χ0n) is 16.8. The van der Waals surface area contributed by atoms with Gasteiger partial charge in [-0.25, -0.2) is 0 Å². The van der Waals surface area contributed by atoms with Gasteiger partial charge in [-0.3, -0.25) is 9.88 Å². The Hall–Kier alpha value is -2.19. The predicted molar refractivity (Wildman–Crippen MR) is 116 cm³/mol. The van der Waals surface area contributed by atoms with E-state index >= 15 is 0 Å². The topological polar surface area (TPSA) is 16.1 Å². The standard InChI is InChI=1S/C25H32N2/c1-3-17-27(20-23-13-14-25-19-26-16-15-24(25)18-23)21(2)9-7-8-12-22-10-5-4-6-11-22/h4-6,10-11,13-16,18-19,21H,3,7-9,12,17,20H2,1-2H3/t21-/m1/s1. The molecule has 142 valence electrons. The van der Waals surface area contributed by atoms with Crippen molar-refractivity contribution in [1.82, 2.24) is 9.88 Å². The van der Waals surface area contributed by atoms with E-state index in [0.29, 0.717) is 6.04 Å². The van der Waals surface area contributed by atoms with E-state index < -0.39 is 0 Å². The van der Waals surface area contributed by atoms with E-state index in [4.69, 9.17) is 0 Å². The summed E-state index contributed by atoms with van der Waals surface area (Å²) in [6.07, 6.45) is 10.1. The van der Waals surface area contributed by atoms with E-state index in [-0.39, 0.29) is 0 Å². The molecule has 0 amide bonds. The lowest BCUT2D eigenvalue weighted by Crippen LogP contribution is -2.33. The molecule has 1 aromatic heterocycles. The van der Waals surface area contributed by atoms with Crippen molar-refractivity contribution in [2.75, 3.05) is 6.54 Å². The number of nitrogens with zero attached hydrogens (tertiary/aromatic N) is 2. The molecular formula is C25H32N2. The van der Waals surface area contributed by atoms with Gasteiger partial charge in [0.2, 0.25) is 0 Å². The summed E-state index contributed by atoms with van der Waals surface area (Å²) in [5.74, 6) is 0. The van der Waals surface area contributed by atoms with Gasteiger partial charge in [-0.1, -0.05) is 55.8 Å². The van der Waals surface area contributed by atoms with Crippen LogP contribution in [-0.4, -0.2) is 22.5 Å². The Kier molecular flexibility index (Phi) is 7.41. The molecule has 0 N–H and O–H groups in total. The summed E-state index contributed by atoms with van der Waals surface area (Å²) in [5.41, 5.74) is 2.86. The molecule has 0 radical (unpaired) electrons. The van der Waals surface area contributed by atoms with E-state index in [1.807, 2.05) is 12.4 Å². The molecule has 0 aliphatic carbocycles. The zero-order valence-corrected chi connectivity index (χ0v) is 16.8. The molecule has 0 saturated heterocycles. The van der Waals surface area contributed by atoms with E-state index in [9.17, 15) is 0 Å². The van der Waals surface area contributed by atoms with Gasteiger partial charge in [-0.2, -0.15) is 0 Å². The van der Waals surface area contributed by atoms with Gasteiger partial charge < -0.3 is 0 Å². The van der Waals surface area contributed by atoms with Gasteiger partial charge in [-0.15, -0.1) is 0 Å². The second-order valence-electron chi connectivity index (χ2n) is 7.61. The van der Waals surface area contributed by atoms with E-state index in [1.165, 1.54) is 54.0 Å². The average molecular weight is 361 g/mol.